The number of carboxylic acid groups (broad SMARTS) is 1. The number of aliphatic carboxylic acids is 1. The third-order valence-corrected chi connectivity index (χ3v) is 8.75. The minimum absolute atomic E-state index is 0.212. The number of benzene rings is 1. The summed E-state index contributed by atoms with van der Waals surface area (Å²) in [5.41, 5.74) is 3.92. The molecule has 1 aromatic carbocycles. The average Bonchev–Trinajstić information content (AvgIpc) is 3.62. The van der Waals surface area contributed by atoms with E-state index in [0.717, 1.165) is 43.5 Å². The van der Waals surface area contributed by atoms with Gasteiger partial charge in [0.05, 0.1) is 18.3 Å². The van der Waals surface area contributed by atoms with E-state index in [1.54, 1.807) is 34.8 Å². The summed E-state index contributed by atoms with van der Waals surface area (Å²) in [7, 11) is 3.57. The molecule has 11 nitrogen and oxygen atoms in total. The molecule has 0 bridgehead atoms. The van der Waals surface area contributed by atoms with Crippen molar-refractivity contribution in [2.75, 3.05) is 31.7 Å². The molecule has 5 heterocycles. The van der Waals surface area contributed by atoms with Gasteiger partial charge in [0.1, 0.15) is 11.3 Å². The monoisotopic (exact) mass is 621 g/mol. The zero-order chi connectivity index (χ0) is 32.2. The molecule has 2 aliphatic rings. The number of hydrogen-bond donors (Lipinski definition) is 1. The molecular formula is C33H40FN5O6. The van der Waals surface area contributed by atoms with Gasteiger partial charge in [0.15, 0.2) is 17.7 Å². The van der Waals surface area contributed by atoms with Gasteiger partial charge >= 0.3 is 12.0 Å². The normalized spacial score (nSPS) is 16.6. The van der Waals surface area contributed by atoms with Crippen LogP contribution in [-0.2, 0) is 27.7 Å². The lowest BCUT2D eigenvalue weighted by Crippen LogP contribution is -2.36. The number of hydrogen-bond acceptors (Lipinski definition) is 9. The highest BCUT2D eigenvalue weighted by Gasteiger charge is 2.35. The second-order valence-electron chi connectivity index (χ2n) is 12.9. The van der Waals surface area contributed by atoms with Crippen molar-refractivity contribution in [1.82, 2.24) is 19.7 Å². The summed E-state index contributed by atoms with van der Waals surface area (Å²) < 4.78 is 41.1. The van der Waals surface area contributed by atoms with E-state index in [1.165, 1.54) is 6.07 Å². The molecule has 0 unspecified atom stereocenters. The van der Waals surface area contributed by atoms with Crippen LogP contribution in [0.15, 0.2) is 16.5 Å². The molecule has 1 N–H and O–H groups in total. The molecule has 1 atom stereocenters. The van der Waals surface area contributed by atoms with Gasteiger partial charge in [-0.15, -0.1) is 5.10 Å². The predicted octanol–water partition coefficient (Wildman–Crippen LogP) is 5.93. The molecule has 0 aliphatic carbocycles. The Morgan fingerprint density at radius 2 is 1.91 bits per heavy atom. The zero-order valence-corrected chi connectivity index (χ0v) is 26.9. The molecule has 4 aromatic rings. The zero-order valence-electron chi connectivity index (χ0n) is 26.9. The van der Waals surface area contributed by atoms with Crippen molar-refractivity contribution in [2.24, 2.45) is 7.05 Å². The van der Waals surface area contributed by atoms with E-state index in [4.69, 9.17) is 23.6 Å². The van der Waals surface area contributed by atoms with Crippen LogP contribution < -0.4 is 9.64 Å². The van der Waals surface area contributed by atoms with E-state index in [9.17, 15) is 9.90 Å². The number of aromatic nitrogens is 4. The summed E-state index contributed by atoms with van der Waals surface area (Å²) in [5.74, 6) is -1.09. The SMILES string of the molecule is COC1CCN(c2nnc(-c3cc4c(-c5cc(F)c6c(c5C)CCCO6)c([C@H](OC(C)(C)C)C(=O)O)c(C)nc4n3C)o2)CC1. The predicted molar refractivity (Wildman–Crippen MR) is 166 cm³/mol. The number of pyridine rings is 1. The smallest absolute Gasteiger partial charge is 0.337 e. The lowest BCUT2D eigenvalue weighted by molar-refractivity contribution is -0.160. The second-order valence-corrected chi connectivity index (χ2v) is 12.9. The van der Waals surface area contributed by atoms with Crippen LogP contribution in [0.1, 0.15) is 68.5 Å². The second kappa shape index (κ2) is 11.7. The molecule has 6 rings (SSSR count). The molecule has 3 aromatic heterocycles. The maximum atomic E-state index is 15.7. The number of aryl methyl sites for hydroxylation is 2. The first-order valence-corrected chi connectivity index (χ1v) is 15.3. The first-order valence-electron chi connectivity index (χ1n) is 15.3. The van der Waals surface area contributed by atoms with E-state index >= 15 is 4.39 Å². The van der Waals surface area contributed by atoms with E-state index < -0.39 is 23.5 Å². The number of fused-ring (bicyclic) bond motifs is 2. The highest BCUT2D eigenvalue weighted by Crippen LogP contribution is 2.45. The molecule has 1 saturated heterocycles. The average molecular weight is 622 g/mol. The van der Waals surface area contributed by atoms with Crippen molar-refractivity contribution in [3.05, 3.63) is 40.3 Å². The fraction of sp³-hybridized carbons (Fsp3) is 0.515. The van der Waals surface area contributed by atoms with Crippen LogP contribution in [0, 0.1) is 19.7 Å². The number of piperidine rings is 1. The topological polar surface area (TPSA) is 125 Å². The highest BCUT2D eigenvalue weighted by molar-refractivity contribution is 6.01. The molecular weight excluding hydrogens is 581 g/mol. The fourth-order valence-electron chi connectivity index (χ4n) is 6.51. The van der Waals surface area contributed by atoms with Gasteiger partial charge in [-0.05, 0) is 83.6 Å². The summed E-state index contributed by atoms with van der Waals surface area (Å²) in [5, 5.41) is 19.8. The Labute approximate surface area is 261 Å². The number of anilines is 1. The van der Waals surface area contributed by atoms with E-state index in [1.807, 2.05) is 29.5 Å². The molecule has 0 radical (unpaired) electrons. The number of nitrogens with zero attached hydrogens (tertiary/aromatic N) is 5. The van der Waals surface area contributed by atoms with Crippen molar-refractivity contribution in [3.63, 3.8) is 0 Å². The van der Waals surface area contributed by atoms with Gasteiger partial charge in [0.25, 0.3) is 5.89 Å². The number of carbonyl (C=O) groups is 1. The van der Waals surface area contributed by atoms with Crippen LogP contribution in [0.3, 0.4) is 0 Å². The lowest BCUT2D eigenvalue weighted by Gasteiger charge is -2.29. The maximum absolute atomic E-state index is 15.7. The van der Waals surface area contributed by atoms with E-state index in [2.05, 4.69) is 10.2 Å². The third-order valence-electron chi connectivity index (χ3n) is 8.75. The summed E-state index contributed by atoms with van der Waals surface area (Å²) >= 11 is 0. The molecule has 2 aliphatic heterocycles. The van der Waals surface area contributed by atoms with Crippen LogP contribution in [0.4, 0.5) is 10.4 Å². The summed E-state index contributed by atoms with van der Waals surface area (Å²) in [6.07, 6.45) is 1.99. The maximum Gasteiger partial charge on any atom is 0.337 e. The van der Waals surface area contributed by atoms with Crippen LogP contribution in [-0.4, -0.2) is 69.3 Å². The number of rotatable bonds is 7. The van der Waals surface area contributed by atoms with Gasteiger partial charge in [-0.25, -0.2) is 14.2 Å². The fourth-order valence-corrected chi connectivity index (χ4v) is 6.51. The summed E-state index contributed by atoms with van der Waals surface area (Å²) in [6.45, 7) is 11.0. The van der Waals surface area contributed by atoms with Gasteiger partial charge in [0.2, 0.25) is 0 Å². The van der Waals surface area contributed by atoms with Crippen molar-refractivity contribution < 1.29 is 32.9 Å². The van der Waals surface area contributed by atoms with Gasteiger partial charge in [-0.3, -0.25) is 0 Å². The van der Waals surface area contributed by atoms with Crippen molar-refractivity contribution in [1.29, 1.82) is 0 Å². The largest absolute Gasteiger partial charge is 0.490 e. The Kier molecular flexibility index (Phi) is 8.07. The molecule has 0 spiro atoms. The molecule has 0 saturated carbocycles. The summed E-state index contributed by atoms with van der Waals surface area (Å²) in [6, 6.07) is 3.72. The van der Waals surface area contributed by atoms with Crippen LogP contribution in [0.5, 0.6) is 5.75 Å². The van der Waals surface area contributed by atoms with Crippen molar-refractivity contribution >= 4 is 23.0 Å². The quantitative estimate of drug-likeness (QED) is 0.266. The summed E-state index contributed by atoms with van der Waals surface area (Å²) in [4.78, 5) is 19.7. The highest BCUT2D eigenvalue weighted by atomic mass is 19.1. The van der Waals surface area contributed by atoms with Gasteiger partial charge in [0, 0.05) is 55.0 Å². The van der Waals surface area contributed by atoms with E-state index in [-0.39, 0.29) is 11.9 Å². The van der Waals surface area contributed by atoms with Crippen LogP contribution in [0.25, 0.3) is 33.7 Å². The Morgan fingerprint density at radius 1 is 1.18 bits per heavy atom. The molecule has 1 fully saturated rings. The van der Waals surface area contributed by atoms with Crippen LogP contribution >= 0.6 is 0 Å². The van der Waals surface area contributed by atoms with Crippen molar-refractivity contribution in [3.8, 4) is 28.5 Å². The van der Waals surface area contributed by atoms with Crippen molar-refractivity contribution in [2.45, 2.75) is 78.1 Å². The van der Waals surface area contributed by atoms with Crippen LogP contribution in [0.2, 0.25) is 0 Å². The Bertz CT molecular complexity index is 1770. The van der Waals surface area contributed by atoms with Gasteiger partial charge in [-0.2, -0.15) is 0 Å². The number of halogens is 1. The molecule has 0 amide bonds. The molecule has 12 heteroatoms. The molecule has 45 heavy (non-hydrogen) atoms. The Hall–Kier alpha value is -4.03. The third kappa shape index (κ3) is 5.65. The first-order chi connectivity index (χ1) is 21.4. The standard InChI is InChI=1S/C33H40FN5O6/c1-17-20-9-8-14-43-27(20)23(34)15-21(17)26-22-16-24(30-36-37-32(44-30)39-12-10-19(42-7)11-13-39)38(6)29(22)35-18(2)25(26)28(31(40)41)45-33(3,4)5/h15-16,19,28H,8-14H2,1-7H3,(H,40,41)/t28-/m0/s1. The number of ether oxygens (including phenoxy) is 3. The number of carboxylic acids is 1. The van der Waals surface area contributed by atoms with E-state index in [0.29, 0.717) is 64.0 Å². The molecule has 240 valence electrons. The minimum atomic E-state index is -1.36. The Morgan fingerprint density at radius 3 is 2.58 bits per heavy atom. The van der Waals surface area contributed by atoms with Gasteiger partial charge < -0.3 is 33.2 Å². The van der Waals surface area contributed by atoms with Gasteiger partial charge in [-0.1, -0.05) is 5.10 Å². The lowest BCUT2D eigenvalue weighted by atomic mass is 9.86. The number of methoxy groups -OCH3 is 1. The first kappa shape index (κ1) is 31.0. The Balaban J connectivity index is 1.57. The minimum Gasteiger partial charge on any atom is -0.490 e.